The number of amides is 1. The van der Waals surface area contributed by atoms with Gasteiger partial charge in [0.2, 0.25) is 10.0 Å². The first-order valence-electron chi connectivity index (χ1n) is 9.91. The van der Waals surface area contributed by atoms with Gasteiger partial charge in [0.25, 0.3) is 5.91 Å². The van der Waals surface area contributed by atoms with E-state index in [4.69, 9.17) is 9.26 Å². The van der Waals surface area contributed by atoms with Gasteiger partial charge in [0.1, 0.15) is 18.1 Å². The fraction of sp³-hybridized carbons (Fsp3) is 0.217. The SMILES string of the molecule is C=CCNS(=O)(=O)Cc1ccc(NC(=O)c2ccccc2OCc2c(C)noc2C)cc1. The predicted octanol–water partition coefficient (Wildman–Crippen LogP) is 3.73. The van der Waals surface area contributed by atoms with Crippen LogP contribution >= 0.6 is 0 Å². The van der Waals surface area contributed by atoms with E-state index < -0.39 is 10.0 Å². The van der Waals surface area contributed by atoms with E-state index in [1.165, 1.54) is 6.08 Å². The molecule has 0 atom stereocenters. The van der Waals surface area contributed by atoms with Crippen molar-refractivity contribution in [3.05, 3.63) is 89.3 Å². The number of carbonyl (C=O) groups is 1. The monoisotopic (exact) mass is 455 g/mol. The molecular weight excluding hydrogens is 430 g/mol. The lowest BCUT2D eigenvalue weighted by Gasteiger charge is -2.12. The van der Waals surface area contributed by atoms with E-state index in [1.54, 1.807) is 48.5 Å². The number of sulfonamides is 1. The van der Waals surface area contributed by atoms with Gasteiger partial charge in [-0.1, -0.05) is 35.5 Å². The van der Waals surface area contributed by atoms with Crippen molar-refractivity contribution in [2.24, 2.45) is 0 Å². The zero-order chi connectivity index (χ0) is 23.1. The highest BCUT2D eigenvalue weighted by molar-refractivity contribution is 7.88. The summed E-state index contributed by atoms with van der Waals surface area (Å²) in [5.74, 6) is 0.604. The minimum Gasteiger partial charge on any atom is -0.488 e. The molecule has 0 spiro atoms. The van der Waals surface area contributed by atoms with Crippen LogP contribution in [0.25, 0.3) is 0 Å². The summed E-state index contributed by atoms with van der Waals surface area (Å²) >= 11 is 0. The van der Waals surface area contributed by atoms with Crippen molar-refractivity contribution in [1.29, 1.82) is 0 Å². The quantitative estimate of drug-likeness (QED) is 0.451. The first kappa shape index (κ1) is 23.2. The number of benzene rings is 2. The number of nitrogens with zero attached hydrogens (tertiary/aromatic N) is 1. The van der Waals surface area contributed by atoms with Crippen molar-refractivity contribution in [3.63, 3.8) is 0 Å². The molecule has 1 amide bonds. The third kappa shape index (κ3) is 6.05. The Morgan fingerprint density at radius 1 is 1.16 bits per heavy atom. The molecule has 0 saturated heterocycles. The lowest BCUT2D eigenvalue weighted by atomic mass is 10.1. The molecule has 0 fully saturated rings. The number of rotatable bonds is 10. The molecule has 3 aromatic rings. The highest BCUT2D eigenvalue weighted by Crippen LogP contribution is 2.23. The average molecular weight is 456 g/mol. The van der Waals surface area contributed by atoms with E-state index in [2.05, 4.69) is 21.8 Å². The van der Waals surface area contributed by atoms with Gasteiger partial charge in [0.15, 0.2) is 0 Å². The Hall–Kier alpha value is -3.43. The number of nitrogens with one attached hydrogen (secondary N) is 2. The smallest absolute Gasteiger partial charge is 0.259 e. The van der Waals surface area contributed by atoms with Crippen LogP contribution in [0.4, 0.5) is 5.69 Å². The highest BCUT2D eigenvalue weighted by atomic mass is 32.2. The third-order valence-corrected chi connectivity index (χ3v) is 6.02. The molecular formula is C23H25N3O5S. The van der Waals surface area contributed by atoms with Crippen molar-refractivity contribution in [2.75, 3.05) is 11.9 Å². The molecule has 1 heterocycles. The molecule has 1 aromatic heterocycles. The van der Waals surface area contributed by atoms with E-state index >= 15 is 0 Å². The van der Waals surface area contributed by atoms with Crippen molar-refractivity contribution in [2.45, 2.75) is 26.2 Å². The van der Waals surface area contributed by atoms with Gasteiger partial charge >= 0.3 is 0 Å². The van der Waals surface area contributed by atoms with Gasteiger partial charge in [-0.2, -0.15) is 0 Å². The second-order valence-corrected chi connectivity index (χ2v) is 8.94. The summed E-state index contributed by atoms with van der Waals surface area (Å²) in [5, 5.41) is 6.72. The van der Waals surface area contributed by atoms with Gasteiger partial charge in [0, 0.05) is 12.2 Å². The van der Waals surface area contributed by atoms with E-state index in [0.29, 0.717) is 28.3 Å². The molecule has 0 aliphatic rings. The maximum absolute atomic E-state index is 12.8. The third-order valence-electron chi connectivity index (χ3n) is 4.70. The lowest BCUT2D eigenvalue weighted by Crippen LogP contribution is -2.25. The van der Waals surface area contributed by atoms with Gasteiger partial charge in [-0.25, -0.2) is 13.1 Å². The van der Waals surface area contributed by atoms with Crippen LogP contribution in [0, 0.1) is 13.8 Å². The second kappa shape index (κ2) is 10.3. The Morgan fingerprint density at radius 2 is 1.88 bits per heavy atom. The largest absolute Gasteiger partial charge is 0.488 e. The highest BCUT2D eigenvalue weighted by Gasteiger charge is 2.16. The van der Waals surface area contributed by atoms with Crippen LogP contribution in [0.15, 0.2) is 65.7 Å². The molecule has 168 valence electrons. The number of aromatic nitrogens is 1. The topological polar surface area (TPSA) is 111 Å². The summed E-state index contributed by atoms with van der Waals surface area (Å²) in [6.07, 6.45) is 1.48. The van der Waals surface area contributed by atoms with Crippen LogP contribution in [-0.2, 0) is 22.4 Å². The normalized spacial score (nSPS) is 11.2. The van der Waals surface area contributed by atoms with Gasteiger partial charge in [0.05, 0.1) is 22.6 Å². The van der Waals surface area contributed by atoms with Crippen LogP contribution in [0.1, 0.15) is 32.9 Å². The molecule has 8 nitrogen and oxygen atoms in total. The van der Waals surface area contributed by atoms with Crippen LogP contribution in [0.2, 0.25) is 0 Å². The van der Waals surface area contributed by atoms with Crippen LogP contribution < -0.4 is 14.8 Å². The molecule has 32 heavy (non-hydrogen) atoms. The average Bonchev–Trinajstić information content (AvgIpc) is 3.09. The minimum absolute atomic E-state index is 0.159. The zero-order valence-electron chi connectivity index (χ0n) is 17.9. The minimum atomic E-state index is -3.45. The van der Waals surface area contributed by atoms with Gasteiger partial charge in [-0.3, -0.25) is 4.79 Å². The van der Waals surface area contributed by atoms with E-state index in [1.807, 2.05) is 13.8 Å². The van der Waals surface area contributed by atoms with Gasteiger partial charge in [-0.05, 0) is 43.7 Å². The Labute approximate surface area is 187 Å². The van der Waals surface area contributed by atoms with E-state index in [9.17, 15) is 13.2 Å². The number of ether oxygens (including phenoxy) is 1. The summed E-state index contributed by atoms with van der Waals surface area (Å²) in [7, 11) is -3.45. The number of para-hydroxylation sites is 1. The standard InChI is InChI=1S/C23H25N3O5S/c1-4-13-24-32(28,29)15-18-9-11-19(12-10-18)25-23(27)20-7-5-6-8-22(20)30-14-21-16(2)26-31-17(21)3/h4-12,24H,1,13-15H2,2-3H3,(H,25,27). The van der Waals surface area contributed by atoms with Gasteiger partial charge in [-0.15, -0.1) is 6.58 Å². The molecule has 9 heteroatoms. The number of aryl methyl sites for hydroxylation is 2. The molecule has 0 saturated carbocycles. The number of anilines is 1. The second-order valence-electron chi connectivity index (χ2n) is 7.13. The van der Waals surface area contributed by atoms with Crippen LogP contribution in [0.3, 0.4) is 0 Å². The Morgan fingerprint density at radius 3 is 2.53 bits per heavy atom. The first-order valence-corrected chi connectivity index (χ1v) is 11.6. The summed E-state index contributed by atoms with van der Waals surface area (Å²) in [6.45, 7) is 7.53. The molecule has 0 aliphatic heterocycles. The summed E-state index contributed by atoms with van der Waals surface area (Å²) in [5.41, 5.74) is 3.09. The number of hydrogen-bond donors (Lipinski definition) is 2. The van der Waals surface area contributed by atoms with Crippen LogP contribution in [0.5, 0.6) is 5.75 Å². The van der Waals surface area contributed by atoms with Crippen molar-refractivity contribution < 1.29 is 22.5 Å². The van der Waals surface area contributed by atoms with Crippen molar-refractivity contribution in [1.82, 2.24) is 9.88 Å². The molecule has 0 bridgehead atoms. The molecule has 3 rings (SSSR count). The van der Waals surface area contributed by atoms with Crippen molar-refractivity contribution in [3.8, 4) is 5.75 Å². The molecule has 2 aromatic carbocycles. The number of carbonyl (C=O) groups excluding carboxylic acids is 1. The van der Waals surface area contributed by atoms with Crippen molar-refractivity contribution >= 4 is 21.6 Å². The molecule has 0 radical (unpaired) electrons. The zero-order valence-corrected chi connectivity index (χ0v) is 18.7. The van der Waals surface area contributed by atoms with Gasteiger partial charge < -0.3 is 14.6 Å². The van der Waals surface area contributed by atoms with E-state index in [-0.39, 0.29) is 24.8 Å². The fourth-order valence-corrected chi connectivity index (χ4v) is 4.08. The maximum Gasteiger partial charge on any atom is 0.259 e. The first-order chi connectivity index (χ1) is 15.3. The summed E-state index contributed by atoms with van der Waals surface area (Å²) in [6, 6.07) is 13.6. The Balaban J connectivity index is 1.66. The van der Waals surface area contributed by atoms with Crippen LogP contribution in [-0.4, -0.2) is 26.0 Å². The molecule has 0 aliphatic carbocycles. The fourth-order valence-electron chi connectivity index (χ4n) is 2.98. The summed E-state index contributed by atoms with van der Waals surface area (Å²) in [4.78, 5) is 12.8. The molecule has 0 unspecified atom stereocenters. The maximum atomic E-state index is 12.8. The Bertz CT molecular complexity index is 1180. The lowest BCUT2D eigenvalue weighted by molar-refractivity contribution is 0.102. The summed E-state index contributed by atoms with van der Waals surface area (Å²) < 4.78 is 37.4. The van der Waals surface area contributed by atoms with E-state index in [0.717, 1.165) is 11.3 Å². The Kier molecular flexibility index (Phi) is 7.45. The predicted molar refractivity (Wildman–Crippen MR) is 122 cm³/mol. The molecule has 2 N–H and O–H groups in total. The number of hydrogen-bond acceptors (Lipinski definition) is 6.